The van der Waals surface area contributed by atoms with Crippen LogP contribution in [-0.2, 0) is 4.74 Å². The molecule has 3 heterocycles. The Labute approximate surface area is 233 Å². The lowest BCUT2D eigenvalue weighted by Crippen LogP contribution is -2.36. The number of hydrogen-bond donors (Lipinski definition) is 1. The van der Waals surface area contributed by atoms with Gasteiger partial charge in [-0.1, -0.05) is 47.4 Å². The number of nitrogens with zero attached hydrogens (tertiary/aromatic N) is 3. The molecule has 1 N–H and O–H groups in total. The van der Waals surface area contributed by atoms with Gasteiger partial charge in [-0.25, -0.2) is 9.97 Å². The number of thioether (sulfide) groups is 1. The molecule has 0 aliphatic carbocycles. The number of benzene rings is 3. The molecule has 1 fully saturated rings. The molecule has 1 saturated heterocycles. The van der Waals surface area contributed by atoms with E-state index in [2.05, 4.69) is 21.3 Å². The van der Waals surface area contributed by atoms with Crippen molar-refractivity contribution in [3.05, 3.63) is 54.1 Å². The summed E-state index contributed by atoms with van der Waals surface area (Å²) in [6.45, 7) is 5.22. The van der Waals surface area contributed by atoms with E-state index in [1.54, 1.807) is 23.1 Å². The van der Waals surface area contributed by atoms with E-state index in [4.69, 9.17) is 14.5 Å². The third-order valence-electron chi connectivity index (χ3n) is 6.61. The molecule has 10 heteroatoms. The van der Waals surface area contributed by atoms with Crippen LogP contribution in [0.3, 0.4) is 0 Å². The van der Waals surface area contributed by atoms with Gasteiger partial charge in [0.25, 0.3) is 5.91 Å². The summed E-state index contributed by atoms with van der Waals surface area (Å²) in [6.07, 6.45) is 4.00. The van der Waals surface area contributed by atoms with E-state index in [0.717, 1.165) is 81.2 Å². The average molecular weight is 565 g/mol. The van der Waals surface area contributed by atoms with Crippen molar-refractivity contribution in [2.24, 2.45) is 0 Å². The summed E-state index contributed by atoms with van der Waals surface area (Å²) in [4.78, 5) is 25.4. The molecule has 0 unspecified atom stereocenters. The lowest BCUT2D eigenvalue weighted by molar-refractivity contribution is 0.0368. The van der Waals surface area contributed by atoms with Crippen molar-refractivity contribution in [1.29, 1.82) is 0 Å². The van der Waals surface area contributed by atoms with Crippen LogP contribution in [0.15, 0.2) is 52.9 Å². The van der Waals surface area contributed by atoms with Crippen LogP contribution >= 0.6 is 34.4 Å². The zero-order valence-corrected chi connectivity index (χ0v) is 23.5. The molecule has 2 aromatic heterocycles. The molecule has 1 aliphatic heterocycles. The number of anilines is 1. The van der Waals surface area contributed by atoms with E-state index in [-0.39, 0.29) is 5.91 Å². The van der Waals surface area contributed by atoms with Gasteiger partial charge in [-0.05, 0) is 60.7 Å². The second-order valence-electron chi connectivity index (χ2n) is 9.12. The maximum absolute atomic E-state index is 13.5. The van der Waals surface area contributed by atoms with Crippen LogP contribution in [0.4, 0.5) is 5.13 Å². The summed E-state index contributed by atoms with van der Waals surface area (Å²) in [5.41, 5.74) is 2.30. The molecule has 6 rings (SSSR count). The Morgan fingerprint density at radius 3 is 2.71 bits per heavy atom. The topological polar surface area (TPSA) is 76.6 Å². The normalized spacial score (nSPS) is 14.4. The van der Waals surface area contributed by atoms with E-state index in [9.17, 15) is 4.79 Å². The summed E-state index contributed by atoms with van der Waals surface area (Å²) in [6, 6.07) is 15.9. The lowest BCUT2D eigenvalue weighted by atomic mass is 10.1. The van der Waals surface area contributed by atoms with Gasteiger partial charge >= 0.3 is 0 Å². The molecule has 5 aromatic rings. The van der Waals surface area contributed by atoms with Crippen LogP contribution in [0.25, 0.3) is 31.2 Å². The molecule has 38 heavy (non-hydrogen) atoms. The second-order valence-corrected chi connectivity index (χ2v) is 12.2. The van der Waals surface area contributed by atoms with Gasteiger partial charge < -0.3 is 9.47 Å². The molecule has 0 saturated carbocycles. The highest BCUT2D eigenvalue weighted by Crippen LogP contribution is 2.37. The second kappa shape index (κ2) is 11.5. The number of carbonyl (C=O) groups is 1. The molecule has 196 valence electrons. The van der Waals surface area contributed by atoms with Gasteiger partial charge in [0.1, 0.15) is 11.3 Å². The van der Waals surface area contributed by atoms with Crippen LogP contribution in [-0.4, -0.2) is 66.5 Å². The lowest BCUT2D eigenvalue weighted by Gasteiger charge is -2.26. The van der Waals surface area contributed by atoms with Crippen molar-refractivity contribution in [2.45, 2.75) is 17.2 Å². The van der Waals surface area contributed by atoms with Crippen molar-refractivity contribution in [2.75, 3.05) is 51.0 Å². The number of morpholine rings is 1. The number of thiazole rings is 2. The summed E-state index contributed by atoms with van der Waals surface area (Å²) in [7, 11) is 0. The first-order valence-corrected chi connectivity index (χ1v) is 15.5. The fourth-order valence-electron chi connectivity index (χ4n) is 4.62. The fourth-order valence-corrected chi connectivity index (χ4v) is 7.13. The van der Waals surface area contributed by atoms with Crippen LogP contribution in [0.2, 0.25) is 0 Å². The minimum Gasteiger partial charge on any atom is -0.493 e. The third-order valence-corrected chi connectivity index (χ3v) is 9.61. The van der Waals surface area contributed by atoms with Gasteiger partial charge in [0.2, 0.25) is 0 Å². The zero-order chi connectivity index (χ0) is 25.9. The highest BCUT2D eigenvalue weighted by atomic mass is 32.2. The van der Waals surface area contributed by atoms with Crippen LogP contribution in [0, 0.1) is 0 Å². The molecule has 7 nitrogen and oxygen atoms in total. The van der Waals surface area contributed by atoms with Crippen LogP contribution in [0.1, 0.15) is 23.2 Å². The quantitative estimate of drug-likeness (QED) is 0.161. The predicted molar refractivity (Wildman–Crippen MR) is 158 cm³/mol. The number of carbonyl (C=O) groups excluding carboxylic acids is 1. The first kappa shape index (κ1) is 25.5. The number of fused-ring (bicyclic) bond motifs is 4. The number of ether oxygens (including phenoxy) is 2. The van der Waals surface area contributed by atoms with Gasteiger partial charge in [-0.15, -0.1) is 11.3 Å². The number of nitrogens with one attached hydrogen (secondary N) is 1. The standard InChI is InChI=1S/C28H28N4O3S3/c1-36-28-30-24-23(37-28)9-8-21-25(24)38-27(29-21)31-26(33)20-16-18-6-2-3-7-19(18)17-22(20)35-13-5-4-10-32-11-14-34-15-12-32/h2-3,6-9,16-17H,4-5,10-15H2,1H3,(H,29,31,33). The van der Waals surface area contributed by atoms with E-state index in [1.807, 2.05) is 48.7 Å². The Kier molecular flexibility index (Phi) is 7.75. The zero-order valence-electron chi connectivity index (χ0n) is 21.1. The molecule has 1 amide bonds. The smallest absolute Gasteiger partial charge is 0.261 e. The summed E-state index contributed by atoms with van der Waals surface area (Å²) in [5, 5.41) is 5.62. The number of hydrogen-bond acceptors (Lipinski definition) is 9. The van der Waals surface area contributed by atoms with E-state index < -0.39 is 0 Å². The summed E-state index contributed by atoms with van der Waals surface area (Å²) >= 11 is 4.77. The number of rotatable bonds is 9. The van der Waals surface area contributed by atoms with Crippen molar-refractivity contribution in [3.8, 4) is 5.75 Å². The van der Waals surface area contributed by atoms with Gasteiger partial charge in [0.15, 0.2) is 9.47 Å². The van der Waals surface area contributed by atoms with E-state index >= 15 is 0 Å². The molecule has 0 atom stereocenters. The number of aromatic nitrogens is 2. The number of unbranched alkanes of at least 4 members (excludes halogenated alkanes) is 1. The molecule has 3 aromatic carbocycles. The third kappa shape index (κ3) is 5.50. The molecule has 0 radical (unpaired) electrons. The minimum atomic E-state index is -0.225. The summed E-state index contributed by atoms with van der Waals surface area (Å²) in [5.74, 6) is 0.373. The van der Waals surface area contributed by atoms with Gasteiger partial charge in [-0.2, -0.15) is 0 Å². The average Bonchev–Trinajstić information content (AvgIpc) is 3.56. The maximum Gasteiger partial charge on any atom is 0.261 e. The van der Waals surface area contributed by atoms with Crippen molar-refractivity contribution < 1.29 is 14.3 Å². The predicted octanol–water partition coefficient (Wildman–Crippen LogP) is 6.52. The molecule has 1 aliphatic rings. The largest absolute Gasteiger partial charge is 0.493 e. The summed E-state index contributed by atoms with van der Waals surface area (Å²) < 4.78 is 14.8. The highest BCUT2D eigenvalue weighted by Gasteiger charge is 2.18. The SMILES string of the molecule is CSc1nc2c(ccc3nc(NC(=O)c4cc5ccccc5cc4OCCCCN4CCOCC4)sc32)s1. The highest BCUT2D eigenvalue weighted by molar-refractivity contribution is 8.00. The van der Waals surface area contributed by atoms with Gasteiger partial charge in [0, 0.05) is 13.1 Å². The Morgan fingerprint density at radius 2 is 1.89 bits per heavy atom. The number of amides is 1. The Balaban J connectivity index is 1.20. The fraction of sp³-hybridized carbons (Fsp3) is 0.321. The monoisotopic (exact) mass is 564 g/mol. The molecule has 0 spiro atoms. The van der Waals surface area contributed by atoms with Gasteiger partial charge in [0.05, 0.1) is 40.3 Å². The first-order chi connectivity index (χ1) is 18.7. The Hall–Kier alpha value is -2.76. The van der Waals surface area contributed by atoms with Crippen LogP contribution in [0.5, 0.6) is 5.75 Å². The molecule has 0 bridgehead atoms. The van der Waals surface area contributed by atoms with Crippen molar-refractivity contribution in [1.82, 2.24) is 14.9 Å². The maximum atomic E-state index is 13.5. The van der Waals surface area contributed by atoms with Crippen molar-refractivity contribution >= 4 is 76.7 Å². The van der Waals surface area contributed by atoms with E-state index in [1.165, 1.54) is 11.3 Å². The molecular formula is C28H28N4O3S3. The Morgan fingerprint density at radius 1 is 1.08 bits per heavy atom. The minimum absolute atomic E-state index is 0.225. The Bertz CT molecular complexity index is 1590. The van der Waals surface area contributed by atoms with E-state index in [0.29, 0.717) is 23.1 Å². The van der Waals surface area contributed by atoms with Crippen molar-refractivity contribution in [3.63, 3.8) is 0 Å². The first-order valence-electron chi connectivity index (χ1n) is 12.7. The molecular weight excluding hydrogens is 537 g/mol. The van der Waals surface area contributed by atoms with Gasteiger partial charge in [-0.3, -0.25) is 15.0 Å². The van der Waals surface area contributed by atoms with Crippen LogP contribution < -0.4 is 10.1 Å².